The van der Waals surface area contributed by atoms with Crippen molar-refractivity contribution in [1.29, 1.82) is 0 Å². The molecule has 0 bridgehead atoms. The molecule has 55 heteroatoms. The summed E-state index contributed by atoms with van der Waals surface area (Å²) in [5.41, 5.74) is 23.3. The van der Waals surface area contributed by atoms with Crippen molar-refractivity contribution >= 4 is 39.1 Å². The monoisotopic (exact) mass is 3420 g/mol. The van der Waals surface area contributed by atoms with Gasteiger partial charge in [-0.05, 0) is 249 Å². The van der Waals surface area contributed by atoms with Crippen LogP contribution in [0.4, 0.5) is 0 Å². The molecule has 0 aromatic rings. The maximum Gasteiger partial charge on any atom is 0.268 e. The average molecular weight is 3420 g/mol. The zero-order valence-corrected chi connectivity index (χ0v) is 117. The van der Waals surface area contributed by atoms with Gasteiger partial charge in [-0.3, -0.25) is 35.7 Å². The molecule has 13 unspecified atom stereocenters. The molecule has 0 spiro atoms. The molecule has 43 nitrogen and oxygen atoms in total. The number of aliphatic hydroxyl groups is 1. The van der Waals surface area contributed by atoms with Crippen LogP contribution in [0.15, 0.2) is 0 Å². The van der Waals surface area contributed by atoms with Gasteiger partial charge in [-0.15, -0.1) is 6.10 Å². The third kappa shape index (κ3) is 54.9. The first-order valence-electron chi connectivity index (χ1n) is 50.3. The van der Waals surface area contributed by atoms with Gasteiger partial charge in [-0.2, -0.15) is 6.61 Å². The van der Waals surface area contributed by atoms with Crippen molar-refractivity contribution in [3.63, 3.8) is 0 Å². The van der Waals surface area contributed by atoms with Gasteiger partial charge in [0.15, 0.2) is 0 Å². The van der Waals surface area contributed by atoms with E-state index < -0.39 is 136 Å². The second-order valence-electron chi connectivity index (χ2n) is 41.3. The maximum atomic E-state index is 12.5. The summed E-state index contributed by atoms with van der Waals surface area (Å²) in [6.07, 6.45) is -3.34. The van der Waals surface area contributed by atoms with Crippen molar-refractivity contribution in [1.82, 2.24) is 0 Å². The van der Waals surface area contributed by atoms with E-state index in [0.29, 0.717) is 38.2 Å². The number of nitrogens with two attached hydrogens (primary N) is 4. The fraction of sp³-hybridized carbons (Fsp3) is 0.957. The Hall–Kier alpha value is 4.45. The van der Waals surface area contributed by atoms with Crippen LogP contribution in [0.5, 0.6) is 0 Å². The van der Waals surface area contributed by atoms with Crippen LogP contribution in [0.25, 0.3) is 0 Å². The van der Waals surface area contributed by atoms with Crippen LogP contribution in [0, 0.1) is 49.2 Å². The zero-order valence-electron chi connectivity index (χ0n) is 91.7. The Labute approximate surface area is 982 Å². The van der Waals surface area contributed by atoms with Crippen LogP contribution in [0.1, 0.15) is 246 Å². The van der Waals surface area contributed by atoms with E-state index in [0.717, 1.165) is 13.0 Å². The number of rotatable bonds is 51. The first kappa shape index (κ1) is 154. The number of hydrogen-bond donors (Lipinski definition) is 5. The molecule has 8 heterocycles. The van der Waals surface area contributed by atoms with Crippen molar-refractivity contribution < 1.29 is 330 Å². The Balaban J connectivity index is 0. The quantitative estimate of drug-likeness (QED) is 0.0280. The summed E-state index contributed by atoms with van der Waals surface area (Å²) < 4.78 is 217. The third-order valence-electron chi connectivity index (χ3n) is 24.5. The largest absolute Gasteiger partial charge is 0.758 e. The Morgan fingerprint density at radius 1 is 0.385 bits per heavy atom. The van der Waals surface area contributed by atoms with Gasteiger partial charge >= 0.3 is 0 Å². The first-order chi connectivity index (χ1) is 65.4. The Kier molecular flexibility index (Phi) is 76.4. The first-order valence-corrected chi connectivity index (χ1v) is 57.6. The van der Waals surface area contributed by atoms with Crippen molar-refractivity contribution in [2.24, 2.45) is 46.6 Å². The van der Waals surface area contributed by atoms with Crippen LogP contribution >= 0.6 is 39.1 Å². The molecule has 10 rings (SSSR count). The fourth-order valence-corrected chi connectivity index (χ4v) is 22.4. The van der Waals surface area contributed by atoms with E-state index in [9.17, 15) is 52.4 Å². The van der Waals surface area contributed by atoms with Crippen LogP contribution in [0.2, 0.25) is 0 Å². The van der Waals surface area contributed by atoms with Gasteiger partial charge in [0.1, 0.15) is 42.2 Å². The number of aliphatic hydroxyl groups excluding tert-OH is 1. The molecule has 148 heavy (non-hydrogen) atoms. The van der Waals surface area contributed by atoms with Gasteiger partial charge in [0, 0.05) is 197 Å². The Bertz CT molecular complexity index is 3800. The van der Waals surface area contributed by atoms with Gasteiger partial charge in [-0.1, -0.05) is 39.9 Å². The molecule has 0 aromatic heterocycles. The summed E-state index contributed by atoms with van der Waals surface area (Å²) >= 11 is 0. The molecule has 2 saturated carbocycles. The van der Waals surface area contributed by atoms with Gasteiger partial charge in [0.25, 0.3) is 31.3 Å². The normalized spacial score (nSPS) is 36.1. The van der Waals surface area contributed by atoms with Gasteiger partial charge < -0.3 is 183 Å². The van der Waals surface area contributed by atoms with Crippen molar-refractivity contribution in [2.45, 2.75) is 484 Å². The Morgan fingerprint density at radius 2 is 0.804 bits per heavy atom. The predicted molar refractivity (Wildman–Crippen MR) is 511 cm³/mol. The topological polar surface area (TPSA) is 583 Å². The molecule has 38 atom stereocenters. The molecule has 2 aliphatic carbocycles. The second-order valence-corrected chi connectivity index (χ2v) is 48.0. The summed E-state index contributed by atoms with van der Waals surface area (Å²) in [4.78, 5) is 62.1. The SMILES string of the molecule is CC(C)OC[C@@]1(CN)O[C@@H](C)C[C@H]1OP(=O)([O-])OC[C-]1O[C@@H](C)CC1OC(C)C.CC(C)OC[C@H]1C(O)[C@@H](C)C[C@H]1OP(=O)([O-])O[CH-][C@H]1O[C@@H](C)CC1OC(C)C.CC(C)OC[C@H]1O[C@@H](C)C(N)[C@H]1OP(=O)([O-])OC[C@H]1O[C@@H](C)CC1OC(C)C.CC(C)OC[C@H]1O[C@@H](C)[CH-][C@H]1OP(=O)([O-])OC[C@@H]1C(OC(C)C)C[C@H](C)C1N.CC(C)OC[C@H]1O[C@@H](C)[CH-][C@H]1OP(=O)([O-])OC[C@H]1O[C@@H](C)[C@H](N)C1OC(C)C.[W].[W].[W].[W].[W].[W].[W]. The van der Waals surface area contributed by atoms with Crippen LogP contribution in [0.3, 0.4) is 0 Å². The second kappa shape index (κ2) is 73.2. The van der Waals surface area contributed by atoms with Crippen LogP contribution in [-0.4, -0.2) is 308 Å². The van der Waals surface area contributed by atoms with E-state index in [2.05, 4.69) is 0 Å². The molecule has 878 valence electrons. The molecule has 8 aliphatic heterocycles. The molecule has 0 aromatic carbocycles. The standard InChI is InChI=1S/C19H37NO8P.C19H37NO7P.C19H36O8P.C18H36NO8P.C18H35NO8P.7W/c1-12(2)23-11-19(10-20)18(8-15(6)27-19)28-29(21,22)24-9-17-16(25-13(3)4)7-14(5)26-17;1-11(2)23-10-18-17(8-14(6)26-18)27-28(21,22)24-9-15-16(25-12(3)4)7-13(5)19(15)20;1-11(2)23-9-15-16(7-13(5)19(15)20)27-28(21,22)24-10-18-17(25-12(3)4)8-14(6)26-18;1-10(2)22-8-16-18(17(19)13(6)26-16)27-28(20,21)23-9-15-14(24-11(3)4)7-12(5)25-15;1-10(2)22-8-15-14(7-12(5)25-15)27-28(20,21)23-9-16-18(24-11(3)4)17(19)13(6)26-16;;;;;;;/h12-16,18H,7-11,20H2,1-6H3,(H,21,22);8,11-19H,7,9-10,20H2,1-6H3,(H,21,22);10-20H,7-9H2,1-6H3,(H,21,22);10-18H,7-9,19H2,1-6H3,(H,20,21);7,10-18H,8-9,19H2,1-6H3,(H,20,21);;;;;;;/q3*-1;;-1;;;;;;;/p-5/t14-,15-,16?,18+,19+;13-,14-,15+,16?,17+,18+,19?;13-,14-,15+,16+,17?,18+,19?;12-,13-,14?,15+,16+,17?,18-;12-,13-,14+,15+,16+,17-,18?;;;;;;;/m00000......./s1. The van der Waals surface area contributed by atoms with E-state index in [1.165, 1.54) is 0 Å². The molecule has 0 amide bonds. The molecule has 10 fully saturated rings. The summed E-state index contributed by atoms with van der Waals surface area (Å²) in [7, 11) is -23.0. The number of ether oxygens (including phenoxy) is 18. The number of phosphoric acid groups is 5. The van der Waals surface area contributed by atoms with Crippen molar-refractivity contribution in [3.8, 4) is 0 Å². The van der Waals surface area contributed by atoms with E-state index in [-0.39, 0.29) is 378 Å². The third-order valence-corrected chi connectivity index (χ3v) is 29.2. The number of phosphoric ester groups is 5. The zero-order chi connectivity index (χ0) is 106. The molecule has 8 saturated heterocycles. The fourth-order valence-electron chi connectivity index (χ4n) is 17.8. The number of hydrogen-bond acceptors (Lipinski definition) is 43. The van der Waals surface area contributed by atoms with Gasteiger partial charge in [-0.25, -0.2) is 0 Å². The minimum absolute atomic E-state index is 0. The molecule has 0 radical (unpaired) electrons. The average Bonchev–Trinajstić information content (AvgIpc) is 1.64. The van der Waals surface area contributed by atoms with E-state index in [4.69, 9.17) is 153 Å². The maximum absolute atomic E-state index is 12.5. The molecule has 9 N–H and O–H groups in total. The minimum Gasteiger partial charge on any atom is -0.758 e. The van der Waals surface area contributed by atoms with Crippen molar-refractivity contribution in [3.05, 3.63) is 25.6 Å². The summed E-state index contributed by atoms with van der Waals surface area (Å²) in [5.74, 6) is -0.481. The minimum atomic E-state index is -4.64. The summed E-state index contributed by atoms with van der Waals surface area (Å²) in [6, 6.07) is -1.15. The van der Waals surface area contributed by atoms with Crippen LogP contribution in [-0.2, 0) is 301 Å². The van der Waals surface area contributed by atoms with Crippen LogP contribution < -0.4 is 47.4 Å². The summed E-state index contributed by atoms with van der Waals surface area (Å²) in [5, 5.41) is 10.4. The molecule has 10 aliphatic rings. The molecular weight excluding hydrogens is 3240 g/mol. The smallest absolute Gasteiger partial charge is 0.268 e. The van der Waals surface area contributed by atoms with E-state index >= 15 is 0 Å². The van der Waals surface area contributed by atoms with Gasteiger partial charge in [0.2, 0.25) is 7.82 Å². The Morgan fingerprint density at radius 3 is 1.29 bits per heavy atom. The van der Waals surface area contributed by atoms with Crippen molar-refractivity contribution in [2.75, 3.05) is 66.0 Å². The summed E-state index contributed by atoms with van der Waals surface area (Å²) in [6.45, 7) is 58.3. The predicted octanol–water partition coefficient (Wildman–Crippen LogP) is 8.93. The van der Waals surface area contributed by atoms with Gasteiger partial charge in [0.05, 0.1) is 193 Å². The molecular formula is C93H176N4O39P5W7-9. The van der Waals surface area contributed by atoms with E-state index in [1.807, 2.05) is 201 Å². The van der Waals surface area contributed by atoms with E-state index in [1.54, 1.807) is 19.8 Å².